The van der Waals surface area contributed by atoms with Crippen molar-refractivity contribution in [1.82, 2.24) is 0 Å². The van der Waals surface area contributed by atoms with Gasteiger partial charge in [-0.25, -0.2) is 17.2 Å². The van der Waals surface area contributed by atoms with E-state index in [2.05, 4.69) is 5.32 Å². The number of hydrogen-bond acceptors (Lipinski definition) is 6. The van der Waals surface area contributed by atoms with Crippen molar-refractivity contribution >= 4 is 33.0 Å². The van der Waals surface area contributed by atoms with Crippen molar-refractivity contribution in [3.8, 4) is 0 Å². The Bertz CT molecular complexity index is 1290. The molecule has 6 atom stereocenters. The summed E-state index contributed by atoms with van der Waals surface area (Å²) in [6, 6.07) is 6.60. The molecule has 0 aromatic heterocycles. The molecular weight excluding hydrogens is 528 g/mol. The Morgan fingerprint density at radius 3 is 2.24 bits per heavy atom. The molecule has 37 heavy (non-hydrogen) atoms. The second kappa shape index (κ2) is 10.2. The van der Waals surface area contributed by atoms with Crippen molar-refractivity contribution in [1.29, 1.82) is 0 Å². The fourth-order valence-electron chi connectivity index (χ4n) is 5.74. The second-order valence-electron chi connectivity index (χ2n) is 10.4. The lowest BCUT2D eigenvalue weighted by atomic mass is 9.69. The van der Waals surface area contributed by atoms with Crippen molar-refractivity contribution in [3.63, 3.8) is 0 Å². The summed E-state index contributed by atoms with van der Waals surface area (Å²) in [6.45, 7) is 3.46. The van der Waals surface area contributed by atoms with E-state index in [-0.39, 0.29) is 39.9 Å². The number of nitrogens with one attached hydrogen (secondary N) is 1. The van der Waals surface area contributed by atoms with Gasteiger partial charge in [0, 0.05) is 17.3 Å². The van der Waals surface area contributed by atoms with E-state index in [1.807, 2.05) is 0 Å². The van der Waals surface area contributed by atoms with E-state index in [1.54, 1.807) is 13.8 Å². The van der Waals surface area contributed by atoms with E-state index in [9.17, 15) is 37.3 Å². The number of amides is 1. The van der Waals surface area contributed by atoms with E-state index in [0.29, 0.717) is 12.8 Å². The Balaban J connectivity index is 1.58. The molecule has 0 aliphatic heterocycles. The highest BCUT2D eigenvalue weighted by molar-refractivity contribution is 7.92. The van der Waals surface area contributed by atoms with Gasteiger partial charge in [-0.1, -0.05) is 25.4 Å². The standard InChI is InChI=1S/C26H30ClF2NO6S/c1-13(2)23(31)24(32)26(34)15-4-5-16(26)11-18(10-15)37(35,36)22-9-14(3-7-19(22)27)25(33)30-17-6-8-20(28)21(29)12-17/h3,6-9,12-13,15-16,18,23-24,31-32,34H,4-5,10-11H2,1-2H3,(H,30,33)/t15-,16?,18?,23-,24+,26?/m0/s1. The molecule has 202 valence electrons. The minimum absolute atomic E-state index is 0.00598. The molecule has 3 unspecified atom stereocenters. The Labute approximate surface area is 219 Å². The Kier molecular flexibility index (Phi) is 7.71. The number of carbonyl (C=O) groups excluding carboxylic acids is 1. The largest absolute Gasteiger partial charge is 0.390 e. The highest BCUT2D eigenvalue weighted by Gasteiger charge is 2.60. The molecule has 2 bridgehead atoms. The van der Waals surface area contributed by atoms with Crippen LogP contribution in [0.5, 0.6) is 0 Å². The van der Waals surface area contributed by atoms with E-state index < -0.39 is 62.3 Å². The molecule has 2 aromatic rings. The van der Waals surface area contributed by atoms with Crippen molar-refractivity contribution in [3.05, 3.63) is 58.6 Å². The summed E-state index contributed by atoms with van der Waals surface area (Å²) in [5.74, 6) is -4.31. The number of hydrogen-bond donors (Lipinski definition) is 4. The number of sulfone groups is 1. The first-order chi connectivity index (χ1) is 17.3. The number of halogens is 3. The van der Waals surface area contributed by atoms with Gasteiger partial charge in [0.1, 0.15) is 6.10 Å². The summed E-state index contributed by atoms with van der Waals surface area (Å²) >= 11 is 6.25. The molecule has 2 aliphatic carbocycles. The predicted molar refractivity (Wildman–Crippen MR) is 134 cm³/mol. The molecular formula is C26H30ClF2NO6S. The minimum atomic E-state index is -4.05. The molecule has 2 saturated carbocycles. The maximum Gasteiger partial charge on any atom is 0.255 e. The highest BCUT2D eigenvalue weighted by atomic mass is 35.5. The number of fused-ring (bicyclic) bond motifs is 2. The molecule has 0 heterocycles. The molecule has 0 spiro atoms. The van der Waals surface area contributed by atoms with Crippen LogP contribution in [0, 0.1) is 29.4 Å². The average Bonchev–Trinajstić information content (AvgIpc) is 3.01. The highest BCUT2D eigenvalue weighted by Crippen LogP contribution is 2.54. The van der Waals surface area contributed by atoms with Gasteiger partial charge in [-0.05, 0) is 73.8 Å². The molecule has 2 aromatic carbocycles. The first-order valence-electron chi connectivity index (χ1n) is 12.1. The topological polar surface area (TPSA) is 124 Å². The van der Waals surface area contributed by atoms with Gasteiger partial charge in [0.25, 0.3) is 5.91 Å². The first-order valence-corrected chi connectivity index (χ1v) is 14.1. The maximum absolute atomic E-state index is 13.7. The van der Waals surface area contributed by atoms with Gasteiger partial charge in [-0.3, -0.25) is 4.79 Å². The molecule has 2 aliphatic rings. The van der Waals surface area contributed by atoms with Crippen LogP contribution in [0.25, 0.3) is 0 Å². The number of benzene rings is 2. The molecule has 1 amide bonds. The summed E-state index contributed by atoms with van der Waals surface area (Å²) in [6.07, 6.45) is -1.39. The number of carbonyl (C=O) groups is 1. The minimum Gasteiger partial charge on any atom is -0.390 e. The molecule has 2 fully saturated rings. The van der Waals surface area contributed by atoms with E-state index in [4.69, 9.17) is 11.6 Å². The van der Waals surface area contributed by atoms with Crippen LogP contribution >= 0.6 is 11.6 Å². The Morgan fingerprint density at radius 1 is 1.05 bits per heavy atom. The van der Waals surface area contributed by atoms with Gasteiger partial charge in [0.05, 0.1) is 26.9 Å². The molecule has 4 rings (SSSR count). The fourth-order valence-corrected chi connectivity index (χ4v) is 8.14. The zero-order chi connectivity index (χ0) is 27.3. The van der Waals surface area contributed by atoms with Crippen LogP contribution in [0.4, 0.5) is 14.5 Å². The molecule has 0 radical (unpaired) electrons. The first kappa shape index (κ1) is 27.9. The van der Waals surface area contributed by atoms with Crippen LogP contribution in [0.1, 0.15) is 49.9 Å². The van der Waals surface area contributed by atoms with E-state index in [0.717, 1.165) is 18.2 Å². The molecule has 4 N–H and O–H groups in total. The van der Waals surface area contributed by atoms with Crippen molar-refractivity contribution in [2.45, 2.75) is 67.5 Å². The van der Waals surface area contributed by atoms with Gasteiger partial charge in [0.15, 0.2) is 21.5 Å². The number of aliphatic hydroxyl groups excluding tert-OH is 2. The SMILES string of the molecule is CC(C)[C@H](O)[C@@H](O)C1(O)C2CC[C@H]1CC(S(=O)(=O)c1cc(C(=O)Nc3ccc(F)c(F)c3)ccc1Cl)C2. The fraction of sp³-hybridized carbons (Fsp3) is 0.500. The van der Waals surface area contributed by atoms with Gasteiger partial charge < -0.3 is 20.6 Å². The van der Waals surface area contributed by atoms with Gasteiger partial charge in [-0.2, -0.15) is 0 Å². The Morgan fingerprint density at radius 2 is 1.68 bits per heavy atom. The monoisotopic (exact) mass is 557 g/mol. The third-order valence-electron chi connectivity index (χ3n) is 7.86. The molecule has 0 saturated heterocycles. The number of rotatable bonds is 7. The van der Waals surface area contributed by atoms with E-state index >= 15 is 0 Å². The van der Waals surface area contributed by atoms with Crippen LogP contribution in [0.3, 0.4) is 0 Å². The lowest BCUT2D eigenvalue weighted by Gasteiger charge is -2.47. The second-order valence-corrected chi connectivity index (χ2v) is 13.0. The molecule has 11 heteroatoms. The average molecular weight is 558 g/mol. The smallest absolute Gasteiger partial charge is 0.255 e. The third-order valence-corrected chi connectivity index (χ3v) is 10.5. The summed E-state index contributed by atoms with van der Waals surface area (Å²) in [4.78, 5) is 12.5. The van der Waals surface area contributed by atoms with Gasteiger partial charge in [-0.15, -0.1) is 0 Å². The number of anilines is 1. The quantitative estimate of drug-likeness (QED) is 0.409. The van der Waals surface area contributed by atoms with Crippen molar-refractivity contribution in [2.24, 2.45) is 17.8 Å². The lowest BCUT2D eigenvalue weighted by Crippen LogP contribution is -2.60. The Hall–Kier alpha value is -2.11. The van der Waals surface area contributed by atoms with Crippen LogP contribution in [0.2, 0.25) is 5.02 Å². The zero-order valence-electron chi connectivity index (χ0n) is 20.4. The van der Waals surface area contributed by atoms with Gasteiger partial charge in [0.2, 0.25) is 0 Å². The van der Waals surface area contributed by atoms with Crippen molar-refractivity contribution < 1.29 is 37.3 Å². The lowest BCUT2D eigenvalue weighted by molar-refractivity contribution is -0.183. The van der Waals surface area contributed by atoms with Crippen LogP contribution in [0.15, 0.2) is 41.3 Å². The summed E-state index contributed by atoms with van der Waals surface area (Å²) in [5, 5.41) is 34.1. The maximum atomic E-state index is 13.7. The van der Waals surface area contributed by atoms with Crippen molar-refractivity contribution in [2.75, 3.05) is 5.32 Å². The number of aliphatic hydroxyl groups is 3. The zero-order valence-corrected chi connectivity index (χ0v) is 21.9. The summed E-state index contributed by atoms with van der Waals surface area (Å²) in [5.41, 5.74) is -1.64. The normalized spacial score (nSPS) is 27.2. The van der Waals surface area contributed by atoms with Crippen LogP contribution in [-0.4, -0.2) is 52.7 Å². The van der Waals surface area contributed by atoms with Crippen LogP contribution in [-0.2, 0) is 9.84 Å². The van der Waals surface area contributed by atoms with E-state index in [1.165, 1.54) is 18.2 Å². The van der Waals surface area contributed by atoms with Gasteiger partial charge >= 0.3 is 0 Å². The predicted octanol–water partition coefficient (Wildman–Crippen LogP) is 3.94. The summed E-state index contributed by atoms with van der Waals surface area (Å²) < 4.78 is 54.0. The molecule has 7 nitrogen and oxygen atoms in total. The summed E-state index contributed by atoms with van der Waals surface area (Å²) in [7, 11) is -4.05. The third kappa shape index (κ3) is 5.02. The van der Waals surface area contributed by atoms with Crippen LogP contribution < -0.4 is 5.32 Å².